The van der Waals surface area contributed by atoms with Gasteiger partial charge in [0.25, 0.3) is 0 Å². The van der Waals surface area contributed by atoms with Crippen LogP contribution in [0.4, 0.5) is 14.5 Å². The Bertz CT molecular complexity index is 979. The molecule has 1 aliphatic rings. The van der Waals surface area contributed by atoms with Crippen LogP contribution in [0.5, 0.6) is 0 Å². The molecule has 2 heterocycles. The second kappa shape index (κ2) is 5.77. The van der Waals surface area contributed by atoms with Crippen LogP contribution >= 0.6 is 0 Å². The fourth-order valence-corrected chi connectivity index (χ4v) is 3.28. The Kier molecular flexibility index (Phi) is 4.06. The van der Waals surface area contributed by atoms with Gasteiger partial charge in [0.15, 0.2) is 5.82 Å². The van der Waals surface area contributed by atoms with Crippen LogP contribution in [0.25, 0.3) is 10.9 Å². The van der Waals surface area contributed by atoms with Crippen molar-refractivity contribution >= 4 is 22.6 Å². The van der Waals surface area contributed by atoms with Crippen molar-refractivity contribution in [2.24, 2.45) is 5.73 Å². The smallest absolute Gasteiger partial charge is 0.341 e. The third-order valence-electron chi connectivity index (χ3n) is 4.92. The standard InChI is InChI=1S/C18H21F2N3O3/c1-8-12(21)7-22(8)15-11(19)5-9-14(13(15)20)23(18(2,3)4)6-10(16(9)24)17(25)26/h5-6,8,12H,7,21H2,1-4H3,(H,25,26)/t8-,12+/m0/s1. The minimum absolute atomic E-state index is 0.114. The lowest BCUT2D eigenvalue weighted by Crippen LogP contribution is -2.63. The Balaban J connectivity index is 2.43. The molecule has 8 heteroatoms. The SMILES string of the molecule is C[C@H]1[C@H](N)CN1c1c(F)cc2c(=O)c(C(=O)O)cn(C(C)(C)C)c2c1F. The van der Waals surface area contributed by atoms with Crippen LogP contribution in [0.15, 0.2) is 17.1 Å². The summed E-state index contributed by atoms with van der Waals surface area (Å²) in [4.78, 5) is 25.4. The van der Waals surface area contributed by atoms with Crippen molar-refractivity contribution in [2.45, 2.75) is 45.3 Å². The Labute approximate surface area is 148 Å². The molecule has 3 rings (SSSR count). The summed E-state index contributed by atoms with van der Waals surface area (Å²) >= 11 is 0. The van der Waals surface area contributed by atoms with Gasteiger partial charge < -0.3 is 20.3 Å². The molecular formula is C18H21F2N3O3. The second-order valence-electron chi connectivity index (χ2n) is 7.69. The number of aromatic carboxylic acids is 1. The summed E-state index contributed by atoms with van der Waals surface area (Å²) in [7, 11) is 0. The Hall–Kier alpha value is -2.48. The molecule has 2 aromatic rings. The van der Waals surface area contributed by atoms with Crippen LogP contribution in [-0.4, -0.2) is 34.3 Å². The largest absolute Gasteiger partial charge is 0.477 e. The highest BCUT2D eigenvalue weighted by atomic mass is 19.1. The fourth-order valence-electron chi connectivity index (χ4n) is 3.28. The first-order valence-corrected chi connectivity index (χ1v) is 8.28. The summed E-state index contributed by atoms with van der Waals surface area (Å²) in [5, 5.41) is 8.99. The van der Waals surface area contributed by atoms with Gasteiger partial charge in [-0.25, -0.2) is 13.6 Å². The Morgan fingerprint density at radius 1 is 1.35 bits per heavy atom. The van der Waals surface area contributed by atoms with Crippen LogP contribution in [0.2, 0.25) is 0 Å². The second-order valence-corrected chi connectivity index (χ2v) is 7.69. The molecule has 0 bridgehead atoms. The summed E-state index contributed by atoms with van der Waals surface area (Å²) in [5.74, 6) is -3.24. The van der Waals surface area contributed by atoms with Gasteiger partial charge in [-0.3, -0.25) is 4.79 Å². The summed E-state index contributed by atoms with van der Waals surface area (Å²) < 4.78 is 31.4. The van der Waals surface area contributed by atoms with Gasteiger partial charge in [-0.15, -0.1) is 0 Å². The van der Waals surface area contributed by atoms with Gasteiger partial charge in [-0.2, -0.15) is 0 Å². The van der Waals surface area contributed by atoms with Crippen molar-refractivity contribution in [2.75, 3.05) is 11.4 Å². The quantitative estimate of drug-likeness (QED) is 0.852. The van der Waals surface area contributed by atoms with Crippen molar-refractivity contribution in [3.8, 4) is 0 Å². The number of fused-ring (bicyclic) bond motifs is 1. The molecule has 1 aromatic heterocycles. The van der Waals surface area contributed by atoms with E-state index in [-0.39, 0.29) is 28.7 Å². The lowest BCUT2D eigenvalue weighted by Gasteiger charge is -2.46. The summed E-state index contributed by atoms with van der Waals surface area (Å²) in [6.07, 6.45) is 1.11. The molecule has 6 nitrogen and oxygen atoms in total. The third kappa shape index (κ3) is 2.56. The van der Waals surface area contributed by atoms with Crippen molar-refractivity contribution in [3.05, 3.63) is 39.7 Å². The van der Waals surface area contributed by atoms with Crippen molar-refractivity contribution in [3.63, 3.8) is 0 Å². The van der Waals surface area contributed by atoms with E-state index in [2.05, 4.69) is 0 Å². The van der Waals surface area contributed by atoms with E-state index < -0.39 is 34.1 Å². The summed E-state index contributed by atoms with van der Waals surface area (Å²) in [6, 6.07) is 0.481. The van der Waals surface area contributed by atoms with E-state index in [0.717, 1.165) is 12.3 Å². The van der Waals surface area contributed by atoms with Gasteiger partial charge in [0.2, 0.25) is 5.43 Å². The van der Waals surface area contributed by atoms with E-state index in [4.69, 9.17) is 5.73 Å². The first-order valence-electron chi connectivity index (χ1n) is 8.28. The molecular weight excluding hydrogens is 344 g/mol. The van der Waals surface area contributed by atoms with E-state index in [0.29, 0.717) is 6.54 Å². The zero-order valence-electron chi connectivity index (χ0n) is 15.0. The number of carboxylic acids is 1. The molecule has 0 aliphatic carbocycles. The number of halogens is 2. The molecule has 26 heavy (non-hydrogen) atoms. The lowest BCUT2D eigenvalue weighted by atomic mass is 9.96. The molecule has 1 aliphatic heterocycles. The molecule has 1 aromatic carbocycles. The molecule has 0 radical (unpaired) electrons. The fraction of sp³-hybridized carbons (Fsp3) is 0.444. The van der Waals surface area contributed by atoms with E-state index in [1.807, 2.05) is 0 Å². The number of carboxylic acid groups (broad SMARTS) is 1. The first-order chi connectivity index (χ1) is 11.9. The normalized spacial score (nSPS) is 20.3. The number of carbonyl (C=O) groups is 1. The number of rotatable bonds is 2. The number of aromatic nitrogens is 1. The molecule has 0 unspecified atom stereocenters. The number of nitrogens with two attached hydrogens (primary N) is 1. The third-order valence-corrected chi connectivity index (χ3v) is 4.92. The number of anilines is 1. The zero-order valence-corrected chi connectivity index (χ0v) is 15.0. The van der Waals surface area contributed by atoms with Crippen molar-refractivity contribution < 1.29 is 18.7 Å². The maximum Gasteiger partial charge on any atom is 0.341 e. The molecule has 1 saturated heterocycles. The first kappa shape index (κ1) is 18.3. The van der Waals surface area contributed by atoms with Gasteiger partial charge in [0.1, 0.15) is 17.1 Å². The van der Waals surface area contributed by atoms with Crippen LogP contribution in [0.1, 0.15) is 38.1 Å². The van der Waals surface area contributed by atoms with Crippen LogP contribution in [0.3, 0.4) is 0 Å². The van der Waals surface area contributed by atoms with Gasteiger partial charge >= 0.3 is 5.97 Å². The maximum atomic E-state index is 15.4. The Morgan fingerprint density at radius 3 is 2.42 bits per heavy atom. The number of hydrogen-bond donors (Lipinski definition) is 2. The molecule has 2 atom stereocenters. The zero-order chi connectivity index (χ0) is 19.5. The lowest BCUT2D eigenvalue weighted by molar-refractivity contribution is 0.0694. The highest BCUT2D eigenvalue weighted by Gasteiger charge is 2.37. The van der Waals surface area contributed by atoms with Crippen LogP contribution in [0, 0.1) is 11.6 Å². The van der Waals surface area contributed by atoms with E-state index in [1.54, 1.807) is 27.7 Å². The number of benzene rings is 1. The van der Waals surface area contributed by atoms with E-state index in [9.17, 15) is 19.1 Å². The molecule has 0 spiro atoms. The van der Waals surface area contributed by atoms with Gasteiger partial charge in [0.05, 0.1) is 10.9 Å². The summed E-state index contributed by atoms with van der Waals surface area (Å²) in [6.45, 7) is 7.29. The van der Waals surface area contributed by atoms with Crippen molar-refractivity contribution in [1.29, 1.82) is 0 Å². The maximum absolute atomic E-state index is 15.4. The molecule has 0 saturated carbocycles. The summed E-state index contributed by atoms with van der Waals surface area (Å²) in [5.41, 5.74) is 3.30. The van der Waals surface area contributed by atoms with Gasteiger partial charge in [-0.1, -0.05) is 0 Å². The average Bonchev–Trinajstić information content (AvgIpc) is 2.53. The molecule has 1 fully saturated rings. The predicted molar refractivity (Wildman–Crippen MR) is 94.9 cm³/mol. The number of hydrogen-bond acceptors (Lipinski definition) is 4. The predicted octanol–water partition coefficient (Wildman–Crippen LogP) is 2.27. The van der Waals surface area contributed by atoms with E-state index in [1.165, 1.54) is 9.47 Å². The minimum atomic E-state index is -1.44. The molecule has 0 amide bonds. The molecule has 3 N–H and O–H groups in total. The topological polar surface area (TPSA) is 88.6 Å². The van der Waals surface area contributed by atoms with Gasteiger partial charge in [-0.05, 0) is 33.8 Å². The average molecular weight is 365 g/mol. The van der Waals surface area contributed by atoms with E-state index >= 15 is 4.39 Å². The Morgan fingerprint density at radius 2 is 1.96 bits per heavy atom. The number of pyridine rings is 1. The minimum Gasteiger partial charge on any atom is -0.477 e. The monoisotopic (exact) mass is 365 g/mol. The number of nitrogens with zero attached hydrogens (tertiary/aromatic N) is 2. The highest BCUT2D eigenvalue weighted by Crippen LogP contribution is 2.36. The van der Waals surface area contributed by atoms with Crippen LogP contribution in [-0.2, 0) is 5.54 Å². The van der Waals surface area contributed by atoms with Gasteiger partial charge in [0, 0.05) is 30.4 Å². The molecule has 140 valence electrons. The highest BCUT2D eigenvalue weighted by molar-refractivity contribution is 5.94. The van der Waals surface area contributed by atoms with Crippen molar-refractivity contribution in [1.82, 2.24) is 4.57 Å². The van der Waals surface area contributed by atoms with Crippen LogP contribution < -0.4 is 16.1 Å².